The quantitative estimate of drug-likeness (QED) is 0.785. The largest absolute Gasteiger partial charge is 0.369 e. The van der Waals surface area contributed by atoms with Crippen molar-refractivity contribution in [3.63, 3.8) is 0 Å². The lowest BCUT2D eigenvalue weighted by Gasteiger charge is -2.21. The number of ether oxygens (including phenoxy) is 1. The summed E-state index contributed by atoms with van der Waals surface area (Å²) in [4.78, 5) is 6.16. The van der Waals surface area contributed by atoms with Gasteiger partial charge in [-0.1, -0.05) is 20.3 Å². The second-order valence-corrected chi connectivity index (χ2v) is 5.95. The summed E-state index contributed by atoms with van der Waals surface area (Å²) in [6.45, 7) is 13.2. The SMILES string of the molecule is CCCc1nc(C(C)(C)OCC)sc1CNCC. The number of hydrogen-bond acceptors (Lipinski definition) is 4. The minimum atomic E-state index is -0.271. The molecule has 4 heteroatoms. The second-order valence-electron chi connectivity index (χ2n) is 4.86. The summed E-state index contributed by atoms with van der Waals surface area (Å²) in [7, 11) is 0. The highest BCUT2D eigenvalue weighted by molar-refractivity contribution is 7.11. The standard InChI is InChI=1S/C14H26N2OS/c1-6-9-11-12(10-15-7-2)18-13(16-11)14(4,5)17-8-3/h15H,6-10H2,1-5H3. The van der Waals surface area contributed by atoms with E-state index in [0.717, 1.165) is 37.5 Å². The van der Waals surface area contributed by atoms with Crippen LogP contribution in [-0.4, -0.2) is 18.1 Å². The van der Waals surface area contributed by atoms with Crippen LogP contribution in [0.5, 0.6) is 0 Å². The fourth-order valence-corrected chi connectivity index (χ4v) is 3.01. The van der Waals surface area contributed by atoms with Gasteiger partial charge in [-0.15, -0.1) is 11.3 Å². The van der Waals surface area contributed by atoms with Crippen LogP contribution in [0.25, 0.3) is 0 Å². The van der Waals surface area contributed by atoms with Crippen LogP contribution >= 0.6 is 11.3 Å². The molecule has 1 aromatic rings. The van der Waals surface area contributed by atoms with Gasteiger partial charge in [0.1, 0.15) is 10.6 Å². The van der Waals surface area contributed by atoms with Crippen molar-refractivity contribution in [3.8, 4) is 0 Å². The van der Waals surface area contributed by atoms with Crippen molar-refractivity contribution in [3.05, 3.63) is 15.6 Å². The van der Waals surface area contributed by atoms with Crippen molar-refractivity contribution in [1.82, 2.24) is 10.3 Å². The maximum atomic E-state index is 5.79. The zero-order valence-electron chi connectivity index (χ0n) is 12.3. The lowest BCUT2D eigenvalue weighted by molar-refractivity contribution is -0.0142. The van der Waals surface area contributed by atoms with Crippen LogP contribution in [0.15, 0.2) is 0 Å². The Bertz CT molecular complexity index is 361. The number of nitrogens with zero attached hydrogens (tertiary/aromatic N) is 1. The summed E-state index contributed by atoms with van der Waals surface area (Å²) < 4.78 is 5.79. The van der Waals surface area contributed by atoms with Gasteiger partial charge in [-0.05, 0) is 33.7 Å². The molecule has 1 rings (SSSR count). The van der Waals surface area contributed by atoms with Crippen LogP contribution in [0.4, 0.5) is 0 Å². The van der Waals surface area contributed by atoms with Crippen molar-refractivity contribution in [2.24, 2.45) is 0 Å². The molecule has 0 atom stereocenters. The molecule has 0 radical (unpaired) electrons. The van der Waals surface area contributed by atoms with E-state index in [1.54, 1.807) is 11.3 Å². The van der Waals surface area contributed by atoms with Crippen LogP contribution in [-0.2, 0) is 23.3 Å². The second kappa shape index (κ2) is 7.22. The molecule has 18 heavy (non-hydrogen) atoms. The van der Waals surface area contributed by atoms with Crippen molar-refractivity contribution >= 4 is 11.3 Å². The first kappa shape index (κ1) is 15.6. The van der Waals surface area contributed by atoms with Crippen molar-refractivity contribution < 1.29 is 4.74 Å². The maximum Gasteiger partial charge on any atom is 0.125 e. The first-order chi connectivity index (χ1) is 8.55. The van der Waals surface area contributed by atoms with Gasteiger partial charge in [0.15, 0.2) is 0 Å². The summed E-state index contributed by atoms with van der Waals surface area (Å²) in [5, 5.41) is 4.49. The van der Waals surface area contributed by atoms with Gasteiger partial charge in [0.2, 0.25) is 0 Å². The molecule has 0 amide bonds. The van der Waals surface area contributed by atoms with Gasteiger partial charge in [-0.3, -0.25) is 0 Å². The summed E-state index contributed by atoms with van der Waals surface area (Å²) in [5.74, 6) is 0. The molecule has 0 unspecified atom stereocenters. The molecule has 104 valence electrons. The summed E-state index contributed by atoms with van der Waals surface area (Å²) in [6, 6.07) is 0. The molecule has 0 aliphatic carbocycles. The normalized spacial score (nSPS) is 12.1. The van der Waals surface area contributed by atoms with Crippen LogP contribution in [0.3, 0.4) is 0 Å². The average molecular weight is 270 g/mol. The Morgan fingerprint density at radius 3 is 2.56 bits per heavy atom. The summed E-state index contributed by atoms with van der Waals surface area (Å²) in [5.41, 5.74) is 0.970. The van der Waals surface area contributed by atoms with E-state index in [0.29, 0.717) is 0 Å². The summed E-state index contributed by atoms with van der Waals surface area (Å²) >= 11 is 1.79. The molecule has 1 heterocycles. The fraction of sp³-hybridized carbons (Fsp3) is 0.786. The van der Waals surface area contributed by atoms with E-state index < -0.39 is 0 Å². The number of nitrogens with one attached hydrogen (secondary N) is 1. The van der Waals surface area contributed by atoms with E-state index in [9.17, 15) is 0 Å². The molecule has 0 aliphatic rings. The van der Waals surface area contributed by atoms with Gasteiger partial charge in [0, 0.05) is 18.0 Å². The highest BCUT2D eigenvalue weighted by Crippen LogP contribution is 2.31. The molecule has 0 saturated carbocycles. The van der Waals surface area contributed by atoms with E-state index in [2.05, 4.69) is 33.0 Å². The monoisotopic (exact) mass is 270 g/mol. The molecule has 0 saturated heterocycles. The van der Waals surface area contributed by atoms with E-state index in [1.807, 2.05) is 6.92 Å². The van der Waals surface area contributed by atoms with E-state index in [1.165, 1.54) is 10.6 Å². The van der Waals surface area contributed by atoms with Crippen molar-refractivity contribution in [2.45, 2.75) is 59.6 Å². The molecular formula is C14H26N2OS. The Morgan fingerprint density at radius 1 is 1.28 bits per heavy atom. The topological polar surface area (TPSA) is 34.1 Å². The van der Waals surface area contributed by atoms with Crippen molar-refractivity contribution in [2.75, 3.05) is 13.2 Å². The minimum Gasteiger partial charge on any atom is -0.369 e. The Labute approximate surface area is 115 Å². The smallest absolute Gasteiger partial charge is 0.125 e. The lowest BCUT2D eigenvalue weighted by atomic mass is 10.1. The highest BCUT2D eigenvalue weighted by atomic mass is 32.1. The predicted molar refractivity (Wildman–Crippen MR) is 78.1 cm³/mol. The van der Waals surface area contributed by atoms with E-state index in [4.69, 9.17) is 9.72 Å². The molecule has 1 aromatic heterocycles. The van der Waals surface area contributed by atoms with E-state index in [-0.39, 0.29) is 5.60 Å². The minimum absolute atomic E-state index is 0.271. The third-order valence-corrected chi connectivity index (χ3v) is 4.22. The Hall–Kier alpha value is -0.450. The predicted octanol–water partition coefficient (Wildman–Crippen LogP) is 3.48. The number of rotatable bonds is 8. The Balaban J connectivity index is 2.93. The van der Waals surface area contributed by atoms with Gasteiger partial charge in [-0.25, -0.2) is 4.98 Å². The maximum absolute atomic E-state index is 5.79. The molecule has 3 nitrogen and oxygen atoms in total. The van der Waals surface area contributed by atoms with Gasteiger partial charge >= 0.3 is 0 Å². The third-order valence-electron chi connectivity index (χ3n) is 2.82. The molecule has 1 N–H and O–H groups in total. The van der Waals surface area contributed by atoms with Crippen LogP contribution in [0, 0.1) is 0 Å². The Kier molecular flexibility index (Phi) is 6.26. The Morgan fingerprint density at radius 2 is 2.00 bits per heavy atom. The number of aryl methyl sites for hydroxylation is 1. The number of aromatic nitrogens is 1. The van der Waals surface area contributed by atoms with Gasteiger partial charge in [0.25, 0.3) is 0 Å². The summed E-state index contributed by atoms with van der Waals surface area (Å²) in [6.07, 6.45) is 2.19. The van der Waals surface area contributed by atoms with Crippen LogP contribution < -0.4 is 5.32 Å². The molecule has 0 aromatic carbocycles. The lowest BCUT2D eigenvalue weighted by Crippen LogP contribution is -2.21. The van der Waals surface area contributed by atoms with Crippen molar-refractivity contribution in [1.29, 1.82) is 0 Å². The molecule has 0 fully saturated rings. The molecular weight excluding hydrogens is 244 g/mol. The van der Waals surface area contributed by atoms with Gasteiger partial charge in [-0.2, -0.15) is 0 Å². The van der Waals surface area contributed by atoms with Crippen LogP contribution in [0.1, 0.15) is 56.6 Å². The zero-order valence-corrected chi connectivity index (χ0v) is 13.1. The number of thiazole rings is 1. The van der Waals surface area contributed by atoms with Gasteiger partial charge < -0.3 is 10.1 Å². The number of hydrogen-bond donors (Lipinski definition) is 1. The fourth-order valence-electron chi connectivity index (χ4n) is 1.87. The molecule has 0 bridgehead atoms. The molecule has 0 spiro atoms. The highest BCUT2D eigenvalue weighted by Gasteiger charge is 2.26. The van der Waals surface area contributed by atoms with E-state index >= 15 is 0 Å². The van der Waals surface area contributed by atoms with Gasteiger partial charge in [0.05, 0.1) is 5.69 Å². The average Bonchev–Trinajstić information content (AvgIpc) is 2.71. The van der Waals surface area contributed by atoms with Crippen LogP contribution in [0.2, 0.25) is 0 Å². The zero-order chi connectivity index (χ0) is 13.6. The third kappa shape index (κ3) is 4.04. The molecule has 0 aliphatic heterocycles. The first-order valence-corrected chi connectivity index (χ1v) is 7.70. The first-order valence-electron chi connectivity index (χ1n) is 6.88.